The summed E-state index contributed by atoms with van der Waals surface area (Å²) in [6, 6.07) is 6.76. The van der Waals surface area contributed by atoms with Crippen LogP contribution in [0.15, 0.2) is 29.2 Å². The Bertz CT molecular complexity index is 579. The summed E-state index contributed by atoms with van der Waals surface area (Å²) < 4.78 is 32.0. The molecule has 0 saturated carbocycles. The van der Waals surface area contributed by atoms with E-state index in [0.29, 0.717) is 6.42 Å². The summed E-state index contributed by atoms with van der Waals surface area (Å²) in [5.74, 6) is 0. The van der Waals surface area contributed by atoms with Crippen molar-refractivity contribution in [2.75, 3.05) is 0 Å². The van der Waals surface area contributed by atoms with Gasteiger partial charge in [0.15, 0.2) is 0 Å². The second-order valence-corrected chi connectivity index (χ2v) is 8.82. The van der Waals surface area contributed by atoms with Gasteiger partial charge in [-0.2, -0.15) is 8.42 Å². The van der Waals surface area contributed by atoms with Crippen molar-refractivity contribution in [1.29, 1.82) is 0 Å². The van der Waals surface area contributed by atoms with Crippen molar-refractivity contribution < 1.29 is 33.3 Å². The van der Waals surface area contributed by atoms with E-state index in [4.69, 9.17) is 0 Å². The van der Waals surface area contributed by atoms with Crippen LogP contribution < -0.4 is 18.9 Å². The molecule has 3 nitrogen and oxygen atoms in total. The maximum Gasteiger partial charge on any atom is 1.00 e. The number of unbranched alkanes of at least 4 members (excludes halogenated alkanes) is 13. The molecular formula is C22H39LiO3S. The third-order valence-electron chi connectivity index (χ3n) is 5.05. The molecule has 0 heterocycles. The van der Waals surface area contributed by atoms with E-state index >= 15 is 0 Å². The summed E-state index contributed by atoms with van der Waals surface area (Å²) in [4.78, 5) is 0.0645. The molecule has 27 heavy (non-hydrogen) atoms. The van der Waals surface area contributed by atoms with Crippen LogP contribution in [-0.2, 0) is 16.5 Å². The van der Waals surface area contributed by atoms with Crippen LogP contribution in [0.1, 0.15) is 104 Å². The molecule has 0 saturated heterocycles. The van der Waals surface area contributed by atoms with Crippen molar-refractivity contribution in [1.82, 2.24) is 0 Å². The first-order chi connectivity index (χ1) is 12.6. The Morgan fingerprint density at radius 1 is 0.741 bits per heavy atom. The SMILES string of the molecule is CCCCCCCCCCCCCCCCc1ccccc1S(=O)(=O)O.[H-].[Li+]. The number of hydrogen-bond donors (Lipinski definition) is 1. The molecule has 1 rings (SSSR count). The van der Waals surface area contributed by atoms with Gasteiger partial charge >= 0.3 is 18.9 Å². The Morgan fingerprint density at radius 2 is 1.15 bits per heavy atom. The summed E-state index contributed by atoms with van der Waals surface area (Å²) >= 11 is 0. The topological polar surface area (TPSA) is 54.4 Å². The summed E-state index contributed by atoms with van der Waals surface area (Å²) in [5.41, 5.74) is 0.730. The van der Waals surface area contributed by atoms with Gasteiger partial charge in [0.2, 0.25) is 0 Å². The van der Waals surface area contributed by atoms with E-state index in [9.17, 15) is 13.0 Å². The average molecular weight is 391 g/mol. The molecule has 5 heteroatoms. The van der Waals surface area contributed by atoms with Gasteiger partial charge in [-0.05, 0) is 24.5 Å². The molecule has 0 aliphatic heterocycles. The van der Waals surface area contributed by atoms with Crippen LogP contribution in [0.2, 0.25) is 0 Å². The van der Waals surface area contributed by atoms with Gasteiger partial charge in [0.25, 0.3) is 10.1 Å². The molecule has 0 aliphatic carbocycles. The molecule has 1 aromatic carbocycles. The van der Waals surface area contributed by atoms with Gasteiger partial charge in [-0.15, -0.1) is 0 Å². The number of rotatable bonds is 16. The largest absolute Gasteiger partial charge is 1.00 e. The molecule has 0 spiro atoms. The summed E-state index contributed by atoms with van der Waals surface area (Å²) in [5, 5.41) is 0. The minimum atomic E-state index is -4.10. The van der Waals surface area contributed by atoms with Crippen LogP contribution in [0.25, 0.3) is 0 Å². The minimum absolute atomic E-state index is 0. The van der Waals surface area contributed by atoms with Crippen LogP contribution in [0.3, 0.4) is 0 Å². The van der Waals surface area contributed by atoms with Gasteiger partial charge in [-0.1, -0.05) is 109 Å². The monoisotopic (exact) mass is 390 g/mol. The number of hydrogen-bond acceptors (Lipinski definition) is 2. The summed E-state index contributed by atoms with van der Waals surface area (Å²) in [6.07, 6.45) is 19.1. The Balaban J connectivity index is 0. The van der Waals surface area contributed by atoms with Crippen LogP contribution in [0, 0.1) is 0 Å². The van der Waals surface area contributed by atoms with Crippen molar-refractivity contribution in [3.05, 3.63) is 29.8 Å². The van der Waals surface area contributed by atoms with E-state index in [1.54, 1.807) is 12.1 Å². The fourth-order valence-corrected chi connectivity index (χ4v) is 4.22. The fourth-order valence-electron chi connectivity index (χ4n) is 3.47. The van der Waals surface area contributed by atoms with E-state index in [0.717, 1.165) is 18.4 Å². The molecule has 0 atom stereocenters. The Kier molecular flexibility index (Phi) is 16.5. The maximum atomic E-state index is 11.4. The molecule has 0 bridgehead atoms. The molecule has 0 radical (unpaired) electrons. The first-order valence-corrected chi connectivity index (χ1v) is 12.0. The van der Waals surface area contributed by atoms with E-state index in [2.05, 4.69) is 6.92 Å². The average Bonchev–Trinajstić information content (AvgIpc) is 2.61. The molecule has 0 aromatic heterocycles. The van der Waals surface area contributed by atoms with Gasteiger partial charge in [0.1, 0.15) is 0 Å². The molecule has 1 N–H and O–H groups in total. The van der Waals surface area contributed by atoms with Crippen molar-refractivity contribution in [3.8, 4) is 0 Å². The van der Waals surface area contributed by atoms with Crippen molar-refractivity contribution in [2.24, 2.45) is 0 Å². The van der Waals surface area contributed by atoms with Crippen LogP contribution in [0.5, 0.6) is 0 Å². The zero-order chi connectivity index (χ0) is 19.1. The number of aryl methyl sites for hydroxylation is 1. The molecule has 152 valence electrons. The van der Waals surface area contributed by atoms with Crippen molar-refractivity contribution in [2.45, 2.75) is 108 Å². The first kappa shape index (κ1) is 26.7. The predicted octanol–water partition coefficient (Wildman–Crippen LogP) is 4.07. The Hall–Kier alpha value is -0.273. The smallest absolute Gasteiger partial charge is 1.00 e. The molecule has 0 unspecified atom stereocenters. The maximum absolute atomic E-state index is 11.4. The van der Waals surface area contributed by atoms with Gasteiger partial charge in [0, 0.05) is 0 Å². The van der Waals surface area contributed by atoms with Gasteiger partial charge in [-0.3, -0.25) is 4.55 Å². The molecule has 0 aliphatic rings. The summed E-state index contributed by atoms with van der Waals surface area (Å²) in [7, 11) is -4.10. The second-order valence-electron chi connectivity index (χ2n) is 7.43. The van der Waals surface area contributed by atoms with Crippen LogP contribution in [0.4, 0.5) is 0 Å². The third-order valence-corrected chi connectivity index (χ3v) is 6.00. The Labute approximate surface area is 181 Å². The Morgan fingerprint density at radius 3 is 1.59 bits per heavy atom. The van der Waals surface area contributed by atoms with E-state index in [1.165, 1.54) is 83.1 Å². The molecule has 0 fully saturated rings. The zero-order valence-corrected chi connectivity index (χ0v) is 18.4. The fraction of sp³-hybridized carbons (Fsp3) is 0.727. The predicted molar refractivity (Wildman–Crippen MR) is 111 cm³/mol. The molecular weight excluding hydrogens is 351 g/mol. The second kappa shape index (κ2) is 16.7. The zero-order valence-electron chi connectivity index (χ0n) is 18.6. The van der Waals surface area contributed by atoms with Gasteiger partial charge in [0.05, 0.1) is 4.90 Å². The van der Waals surface area contributed by atoms with Gasteiger partial charge < -0.3 is 1.43 Å². The normalized spacial score (nSPS) is 11.3. The van der Waals surface area contributed by atoms with E-state index in [-0.39, 0.29) is 25.2 Å². The van der Waals surface area contributed by atoms with E-state index < -0.39 is 10.1 Å². The molecule has 0 amide bonds. The third kappa shape index (κ3) is 13.5. The quantitative estimate of drug-likeness (QED) is 0.263. The van der Waals surface area contributed by atoms with Crippen LogP contribution >= 0.6 is 0 Å². The number of benzene rings is 1. The van der Waals surface area contributed by atoms with Crippen LogP contribution in [-0.4, -0.2) is 13.0 Å². The molecule has 1 aromatic rings. The standard InChI is InChI=1S/C22H38O3S.Li.H/c1-2-3-4-5-6-7-8-9-10-11-12-13-14-15-18-21-19-16-17-20-22(21)26(23,24)25;;/h16-17,19-20H,2-15,18H2,1H3,(H,23,24,25);;/q;+1;-1. The summed E-state index contributed by atoms with van der Waals surface area (Å²) in [6.45, 7) is 2.26. The van der Waals surface area contributed by atoms with Crippen molar-refractivity contribution in [3.63, 3.8) is 0 Å². The van der Waals surface area contributed by atoms with E-state index in [1.807, 2.05) is 6.07 Å². The van der Waals surface area contributed by atoms with Gasteiger partial charge in [-0.25, -0.2) is 0 Å². The minimum Gasteiger partial charge on any atom is -1.00 e. The van der Waals surface area contributed by atoms with Crippen molar-refractivity contribution >= 4 is 10.1 Å². The first-order valence-electron chi connectivity index (χ1n) is 10.6.